The molecule has 9 nitrogen and oxygen atoms in total. The third-order valence-electron chi connectivity index (χ3n) is 7.58. The van der Waals surface area contributed by atoms with Crippen LogP contribution < -0.4 is 20.2 Å². The first-order valence-corrected chi connectivity index (χ1v) is 14.4. The maximum Gasteiger partial charge on any atom is 0.257 e. The standard InChI is InChI=1S/C28H33N3O6S/c1-18(19-9-12-25-26(15-19)37-14-13-36-25)29-28(33)23-17-30(2)24-11-10-21(16-22(24)27(23)32)38(34,35)31(3)20-7-5-4-6-8-20/h9-12,15-18,20H,4-8,13-14H2,1-3H3,(H,29,33)/t18-/m1/s1. The Hall–Kier alpha value is -3.37. The number of rotatable bonds is 6. The van der Waals surface area contributed by atoms with Crippen LogP contribution in [0.4, 0.5) is 0 Å². The van der Waals surface area contributed by atoms with Crippen molar-refractivity contribution < 1.29 is 22.7 Å². The largest absolute Gasteiger partial charge is 0.486 e. The van der Waals surface area contributed by atoms with Gasteiger partial charge in [-0.25, -0.2) is 8.42 Å². The second-order valence-electron chi connectivity index (χ2n) is 10.1. The van der Waals surface area contributed by atoms with Gasteiger partial charge in [0.25, 0.3) is 5.91 Å². The predicted molar refractivity (Wildman–Crippen MR) is 144 cm³/mol. The molecule has 1 atom stereocenters. The van der Waals surface area contributed by atoms with Crippen molar-refractivity contribution in [3.8, 4) is 11.5 Å². The second-order valence-corrected chi connectivity index (χ2v) is 12.1. The molecular formula is C28H33N3O6S. The van der Waals surface area contributed by atoms with Gasteiger partial charge in [0.1, 0.15) is 18.8 Å². The molecule has 0 spiro atoms. The Labute approximate surface area is 222 Å². The number of amides is 1. The van der Waals surface area contributed by atoms with Crippen molar-refractivity contribution in [2.24, 2.45) is 7.05 Å². The lowest BCUT2D eigenvalue weighted by atomic mass is 9.96. The number of carbonyl (C=O) groups is 1. The lowest BCUT2D eigenvalue weighted by Gasteiger charge is -2.30. The Morgan fingerprint density at radius 2 is 1.76 bits per heavy atom. The molecule has 0 bridgehead atoms. The quantitative estimate of drug-likeness (QED) is 0.511. The van der Waals surface area contributed by atoms with Crippen LogP contribution in [0.1, 0.15) is 61.0 Å². The third kappa shape index (κ3) is 4.90. The summed E-state index contributed by atoms with van der Waals surface area (Å²) >= 11 is 0. The molecular weight excluding hydrogens is 506 g/mol. The van der Waals surface area contributed by atoms with Crippen molar-refractivity contribution in [1.82, 2.24) is 14.2 Å². The summed E-state index contributed by atoms with van der Waals surface area (Å²) in [5.41, 5.74) is 0.784. The molecule has 1 aliphatic carbocycles. The number of hydrogen-bond acceptors (Lipinski definition) is 6. The van der Waals surface area contributed by atoms with Crippen LogP contribution in [0.3, 0.4) is 0 Å². The van der Waals surface area contributed by atoms with Gasteiger partial charge in [0.05, 0.1) is 16.5 Å². The zero-order chi connectivity index (χ0) is 27.0. The number of benzene rings is 2. The van der Waals surface area contributed by atoms with Crippen molar-refractivity contribution in [3.05, 3.63) is 63.9 Å². The Morgan fingerprint density at radius 1 is 1.05 bits per heavy atom. The van der Waals surface area contributed by atoms with Gasteiger partial charge in [-0.3, -0.25) is 9.59 Å². The minimum Gasteiger partial charge on any atom is -0.486 e. The molecule has 1 amide bonds. The summed E-state index contributed by atoms with van der Waals surface area (Å²) in [4.78, 5) is 26.7. The molecule has 202 valence electrons. The van der Waals surface area contributed by atoms with Gasteiger partial charge in [0.15, 0.2) is 11.5 Å². The lowest BCUT2D eigenvalue weighted by molar-refractivity contribution is 0.0938. The maximum atomic E-state index is 13.5. The minimum atomic E-state index is -3.79. The van der Waals surface area contributed by atoms with E-state index in [4.69, 9.17) is 9.47 Å². The van der Waals surface area contributed by atoms with E-state index in [1.165, 1.54) is 22.6 Å². The lowest BCUT2D eigenvalue weighted by Crippen LogP contribution is -2.38. The van der Waals surface area contributed by atoms with Crippen LogP contribution in [0.15, 0.2) is 52.3 Å². The molecule has 1 fully saturated rings. The minimum absolute atomic E-state index is 0.0496. The van der Waals surface area contributed by atoms with Crippen LogP contribution in [0, 0.1) is 0 Å². The molecule has 38 heavy (non-hydrogen) atoms. The fourth-order valence-corrected chi connectivity index (χ4v) is 6.73. The topological polar surface area (TPSA) is 107 Å². The maximum absolute atomic E-state index is 13.5. The van der Waals surface area contributed by atoms with Gasteiger partial charge in [-0.15, -0.1) is 0 Å². The fourth-order valence-electron chi connectivity index (χ4n) is 5.29. The summed E-state index contributed by atoms with van der Waals surface area (Å²) in [5, 5.41) is 3.07. The molecule has 2 aliphatic rings. The van der Waals surface area contributed by atoms with Gasteiger partial charge in [-0.1, -0.05) is 25.3 Å². The van der Waals surface area contributed by atoms with E-state index < -0.39 is 27.4 Å². The molecule has 1 saturated carbocycles. The molecule has 2 aromatic carbocycles. The van der Waals surface area contributed by atoms with Gasteiger partial charge < -0.3 is 19.4 Å². The van der Waals surface area contributed by atoms with E-state index in [1.54, 1.807) is 30.8 Å². The van der Waals surface area contributed by atoms with Gasteiger partial charge in [0.2, 0.25) is 15.5 Å². The highest BCUT2D eigenvalue weighted by atomic mass is 32.2. The first-order chi connectivity index (χ1) is 18.2. The van der Waals surface area contributed by atoms with Crippen molar-refractivity contribution in [2.75, 3.05) is 20.3 Å². The summed E-state index contributed by atoms with van der Waals surface area (Å²) in [6.45, 7) is 2.77. The molecule has 1 aromatic heterocycles. The van der Waals surface area contributed by atoms with Crippen LogP contribution >= 0.6 is 0 Å². The van der Waals surface area contributed by atoms with E-state index in [0.29, 0.717) is 30.2 Å². The van der Waals surface area contributed by atoms with Gasteiger partial charge in [0, 0.05) is 31.7 Å². The average Bonchev–Trinajstić information content (AvgIpc) is 2.94. The molecule has 3 aromatic rings. The number of ether oxygens (including phenoxy) is 2. The number of carbonyl (C=O) groups excluding carboxylic acids is 1. The number of fused-ring (bicyclic) bond motifs is 2. The molecule has 0 unspecified atom stereocenters. The van der Waals surface area contributed by atoms with Crippen molar-refractivity contribution >= 4 is 26.8 Å². The second kappa shape index (κ2) is 10.4. The third-order valence-corrected chi connectivity index (χ3v) is 9.49. The van der Waals surface area contributed by atoms with Crippen LogP contribution in [-0.4, -0.2) is 49.5 Å². The van der Waals surface area contributed by atoms with E-state index in [9.17, 15) is 18.0 Å². The molecule has 2 heterocycles. The summed E-state index contributed by atoms with van der Waals surface area (Å²) in [6.07, 6.45) is 6.28. The molecule has 10 heteroatoms. The normalized spacial score (nSPS) is 16.9. The summed E-state index contributed by atoms with van der Waals surface area (Å²) in [6, 6.07) is 9.55. The van der Waals surface area contributed by atoms with Crippen LogP contribution in [0.5, 0.6) is 11.5 Å². The van der Waals surface area contributed by atoms with Gasteiger partial charge in [-0.05, 0) is 55.7 Å². The Bertz CT molecular complexity index is 1540. The van der Waals surface area contributed by atoms with Gasteiger partial charge in [-0.2, -0.15) is 4.31 Å². The van der Waals surface area contributed by atoms with Crippen LogP contribution in [-0.2, 0) is 17.1 Å². The number of nitrogens with zero attached hydrogens (tertiary/aromatic N) is 2. The van der Waals surface area contributed by atoms with E-state index in [1.807, 2.05) is 19.1 Å². The number of pyridine rings is 1. The first kappa shape index (κ1) is 26.2. The smallest absolute Gasteiger partial charge is 0.257 e. The Balaban J connectivity index is 1.44. The van der Waals surface area contributed by atoms with Gasteiger partial charge >= 0.3 is 0 Å². The zero-order valence-corrected chi connectivity index (χ0v) is 22.7. The van der Waals surface area contributed by atoms with Crippen LogP contribution in [0.2, 0.25) is 0 Å². The molecule has 1 aliphatic heterocycles. The monoisotopic (exact) mass is 539 g/mol. The summed E-state index contributed by atoms with van der Waals surface area (Å²) in [5.74, 6) is 0.729. The van der Waals surface area contributed by atoms with Crippen LogP contribution in [0.25, 0.3) is 10.9 Å². The number of aromatic nitrogens is 1. The zero-order valence-electron chi connectivity index (χ0n) is 21.9. The number of nitrogens with one attached hydrogen (secondary N) is 1. The Morgan fingerprint density at radius 3 is 2.50 bits per heavy atom. The highest BCUT2D eigenvalue weighted by Crippen LogP contribution is 2.33. The van der Waals surface area contributed by atoms with E-state index in [0.717, 1.165) is 37.7 Å². The van der Waals surface area contributed by atoms with E-state index >= 15 is 0 Å². The number of hydrogen-bond donors (Lipinski definition) is 1. The van der Waals surface area contributed by atoms with Crippen molar-refractivity contribution in [1.29, 1.82) is 0 Å². The molecule has 5 rings (SSSR count). The molecule has 0 saturated heterocycles. The van der Waals surface area contributed by atoms with E-state index in [2.05, 4.69) is 5.32 Å². The van der Waals surface area contributed by atoms with Crippen molar-refractivity contribution in [3.63, 3.8) is 0 Å². The van der Waals surface area contributed by atoms with Crippen molar-refractivity contribution in [2.45, 2.75) is 56.0 Å². The first-order valence-electron chi connectivity index (χ1n) is 13.0. The molecule has 1 N–H and O–H groups in total. The average molecular weight is 540 g/mol. The van der Waals surface area contributed by atoms with E-state index in [-0.39, 0.29) is 21.9 Å². The fraction of sp³-hybridized carbons (Fsp3) is 0.429. The number of aryl methyl sites for hydroxylation is 1. The summed E-state index contributed by atoms with van der Waals surface area (Å²) in [7, 11) is -0.458. The molecule has 0 radical (unpaired) electrons. The number of sulfonamides is 1. The summed E-state index contributed by atoms with van der Waals surface area (Å²) < 4.78 is 41.1. The highest BCUT2D eigenvalue weighted by molar-refractivity contribution is 7.89. The Kier molecular flexibility index (Phi) is 7.19. The SMILES string of the molecule is C[C@@H](NC(=O)c1cn(C)c2ccc(S(=O)(=O)N(C)C3CCCCC3)cc2c1=O)c1ccc2c(c1)OCCO2. The highest BCUT2D eigenvalue weighted by Gasteiger charge is 2.30. The predicted octanol–water partition coefficient (Wildman–Crippen LogP) is 3.75.